The molecule has 0 bridgehead atoms. The Balaban J connectivity index is 1.37. The van der Waals surface area contributed by atoms with Crippen LogP contribution in [0.25, 0.3) is 0 Å². The quantitative estimate of drug-likeness (QED) is 0.413. The van der Waals surface area contributed by atoms with Gasteiger partial charge in [-0.3, -0.25) is 9.59 Å². The van der Waals surface area contributed by atoms with Crippen LogP contribution in [-0.4, -0.2) is 34.0 Å². The van der Waals surface area contributed by atoms with Crippen LogP contribution in [0.4, 0.5) is 5.69 Å². The molecule has 2 aromatic heterocycles. The lowest BCUT2D eigenvalue weighted by Gasteiger charge is -2.16. The predicted molar refractivity (Wildman–Crippen MR) is 124 cm³/mol. The normalized spacial score (nSPS) is 10.6. The molecule has 0 aliphatic heterocycles. The third-order valence-electron chi connectivity index (χ3n) is 4.79. The number of ether oxygens (including phenoxy) is 1. The van der Waals surface area contributed by atoms with Crippen LogP contribution in [0.15, 0.2) is 71.3 Å². The van der Waals surface area contributed by atoms with Crippen molar-refractivity contribution in [2.45, 2.75) is 20.1 Å². The van der Waals surface area contributed by atoms with Gasteiger partial charge >= 0.3 is 0 Å². The van der Waals surface area contributed by atoms with E-state index in [2.05, 4.69) is 15.5 Å². The number of anilines is 1. The summed E-state index contributed by atoms with van der Waals surface area (Å²) < 4.78 is 11.1. The van der Waals surface area contributed by atoms with Crippen LogP contribution in [-0.2, 0) is 13.2 Å². The molecule has 168 valence electrons. The van der Waals surface area contributed by atoms with E-state index in [1.165, 1.54) is 0 Å². The molecule has 2 amide bonds. The highest BCUT2D eigenvalue weighted by atomic mass is 32.1. The molecular weight excluding hydrogens is 440 g/mol. The highest BCUT2D eigenvalue weighted by molar-refractivity contribution is 7.13. The van der Waals surface area contributed by atoms with Gasteiger partial charge in [0.1, 0.15) is 18.1 Å². The minimum absolute atomic E-state index is 0.186. The van der Waals surface area contributed by atoms with Crippen molar-refractivity contribution in [3.8, 4) is 5.75 Å². The van der Waals surface area contributed by atoms with E-state index >= 15 is 0 Å². The van der Waals surface area contributed by atoms with Crippen LogP contribution >= 0.6 is 11.3 Å². The van der Waals surface area contributed by atoms with E-state index in [1.54, 1.807) is 48.5 Å². The largest absolute Gasteiger partial charge is 0.486 e. The Kier molecular flexibility index (Phi) is 6.80. The second-order valence-corrected chi connectivity index (χ2v) is 8.39. The second kappa shape index (κ2) is 10.1. The van der Waals surface area contributed by atoms with Gasteiger partial charge in [0.25, 0.3) is 11.8 Å². The maximum Gasteiger partial charge on any atom is 0.286 e. The first kappa shape index (κ1) is 22.2. The van der Waals surface area contributed by atoms with Gasteiger partial charge in [0.2, 0.25) is 5.01 Å². The number of aryl methyl sites for hydroxylation is 1. The standard InChI is InChI=1S/C24H22N4O4S/c1-16-7-3-4-11-20(16)32-15-21-26-27-23(33-21)22(29)25-18-9-5-8-17(13-18)24(30)28(2)14-19-10-6-12-31-19/h3-13H,14-15H2,1-2H3,(H,25,29). The van der Waals surface area contributed by atoms with Gasteiger partial charge in [0, 0.05) is 18.3 Å². The summed E-state index contributed by atoms with van der Waals surface area (Å²) in [5.74, 6) is 0.864. The first-order chi connectivity index (χ1) is 16.0. The predicted octanol–water partition coefficient (Wildman–Crippen LogP) is 4.54. The second-order valence-electron chi connectivity index (χ2n) is 7.33. The van der Waals surface area contributed by atoms with Gasteiger partial charge in [-0.05, 0) is 48.9 Å². The summed E-state index contributed by atoms with van der Waals surface area (Å²) in [6, 6.07) is 18.0. The van der Waals surface area contributed by atoms with Gasteiger partial charge in [0.15, 0.2) is 5.01 Å². The summed E-state index contributed by atoms with van der Waals surface area (Å²) in [5, 5.41) is 11.6. The minimum Gasteiger partial charge on any atom is -0.486 e. The summed E-state index contributed by atoms with van der Waals surface area (Å²) in [6.07, 6.45) is 1.57. The number of benzene rings is 2. The van der Waals surface area contributed by atoms with Crippen LogP contribution < -0.4 is 10.1 Å². The Hall–Kier alpha value is -3.98. The van der Waals surface area contributed by atoms with E-state index in [0.717, 1.165) is 22.6 Å². The third-order valence-corrected chi connectivity index (χ3v) is 5.69. The number of carbonyl (C=O) groups is 2. The van der Waals surface area contributed by atoms with Gasteiger partial charge in [-0.2, -0.15) is 0 Å². The van der Waals surface area contributed by atoms with E-state index in [1.807, 2.05) is 37.3 Å². The van der Waals surface area contributed by atoms with Crippen molar-refractivity contribution < 1.29 is 18.7 Å². The SMILES string of the molecule is Cc1ccccc1OCc1nnc(C(=O)Nc2cccc(C(=O)N(C)Cc3ccco3)c2)s1. The van der Waals surface area contributed by atoms with Crippen LogP contribution in [0.2, 0.25) is 0 Å². The zero-order valence-corrected chi connectivity index (χ0v) is 19.0. The number of hydrogen-bond acceptors (Lipinski definition) is 7. The molecule has 0 aliphatic carbocycles. The van der Waals surface area contributed by atoms with Crippen molar-refractivity contribution in [3.05, 3.63) is 93.8 Å². The number of carbonyl (C=O) groups excluding carboxylic acids is 2. The smallest absolute Gasteiger partial charge is 0.286 e. The molecule has 0 saturated heterocycles. The molecular formula is C24H22N4O4S. The fourth-order valence-electron chi connectivity index (χ4n) is 3.10. The number of rotatable bonds is 8. The lowest BCUT2D eigenvalue weighted by atomic mass is 10.1. The molecule has 33 heavy (non-hydrogen) atoms. The number of nitrogens with zero attached hydrogens (tertiary/aromatic N) is 3. The van der Waals surface area contributed by atoms with E-state index in [9.17, 15) is 9.59 Å². The Morgan fingerprint density at radius 1 is 1.09 bits per heavy atom. The van der Waals surface area contributed by atoms with Crippen molar-refractivity contribution in [2.24, 2.45) is 0 Å². The van der Waals surface area contributed by atoms with Crippen LogP contribution in [0, 0.1) is 6.92 Å². The monoisotopic (exact) mass is 462 g/mol. The average Bonchev–Trinajstić information content (AvgIpc) is 3.50. The van der Waals surface area contributed by atoms with Crippen molar-refractivity contribution in [2.75, 3.05) is 12.4 Å². The summed E-state index contributed by atoms with van der Waals surface area (Å²) in [5.41, 5.74) is 1.96. The Bertz CT molecular complexity index is 1250. The molecule has 0 atom stereocenters. The first-order valence-electron chi connectivity index (χ1n) is 10.2. The van der Waals surface area contributed by atoms with Crippen molar-refractivity contribution >= 4 is 28.8 Å². The van der Waals surface area contributed by atoms with E-state index in [4.69, 9.17) is 9.15 Å². The maximum absolute atomic E-state index is 12.7. The number of hydrogen-bond donors (Lipinski definition) is 1. The number of amides is 2. The minimum atomic E-state index is -0.400. The first-order valence-corrected chi connectivity index (χ1v) is 11.0. The summed E-state index contributed by atoms with van der Waals surface area (Å²) >= 11 is 1.16. The van der Waals surface area contributed by atoms with Crippen molar-refractivity contribution in [1.29, 1.82) is 0 Å². The fourth-order valence-corrected chi connectivity index (χ4v) is 3.75. The number of para-hydroxylation sites is 1. The Morgan fingerprint density at radius 3 is 2.73 bits per heavy atom. The van der Waals surface area contributed by atoms with Crippen LogP contribution in [0.1, 0.15) is 36.5 Å². The van der Waals surface area contributed by atoms with Crippen molar-refractivity contribution in [1.82, 2.24) is 15.1 Å². The summed E-state index contributed by atoms with van der Waals surface area (Å²) in [6.45, 7) is 2.53. The maximum atomic E-state index is 12.7. The van der Waals surface area contributed by atoms with E-state index in [-0.39, 0.29) is 17.5 Å². The van der Waals surface area contributed by atoms with Gasteiger partial charge in [-0.1, -0.05) is 35.6 Å². The fraction of sp³-hybridized carbons (Fsp3) is 0.167. The Labute approximate surface area is 194 Å². The zero-order valence-electron chi connectivity index (χ0n) is 18.1. The van der Waals surface area contributed by atoms with Gasteiger partial charge in [-0.25, -0.2) is 0 Å². The number of aromatic nitrogens is 2. The van der Waals surface area contributed by atoms with Crippen LogP contribution in [0.5, 0.6) is 5.75 Å². The molecule has 0 saturated carbocycles. The van der Waals surface area contributed by atoms with Gasteiger partial charge in [0.05, 0.1) is 12.8 Å². The Morgan fingerprint density at radius 2 is 1.94 bits per heavy atom. The molecule has 2 aromatic carbocycles. The van der Waals surface area contributed by atoms with E-state index < -0.39 is 5.91 Å². The number of furan rings is 1. The molecule has 4 rings (SSSR count). The molecule has 0 spiro atoms. The van der Waals surface area contributed by atoms with Crippen molar-refractivity contribution in [3.63, 3.8) is 0 Å². The molecule has 9 heteroatoms. The topological polar surface area (TPSA) is 97.6 Å². The summed E-state index contributed by atoms with van der Waals surface area (Å²) in [7, 11) is 1.69. The molecule has 0 radical (unpaired) electrons. The molecule has 4 aromatic rings. The third kappa shape index (κ3) is 5.64. The van der Waals surface area contributed by atoms with Crippen LogP contribution in [0.3, 0.4) is 0 Å². The molecule has 2 heterocycles. The highest BCUT2D eigenvalue weighted by Gasteiger charge is 2.17. The molecule has 0 aliphatic rings. The summed E-state index contributed by atoms with van der Waals surface area (Å²) in [4.78, 5) is 26.9. The molecule has 8 nitrogen and oxygen atoms in total. The number of nitrogens with one attached hydrogen (secondary N) is 1. The van der Waals surface area contributed by atoms with Gasteiger partial charge < -0.3 is 19.4 Å². The van der Waals surface area contributed by atoms with E-state index in [0.29, 0.717) is 28.6 Å². The molecule has 0 fully saturated rings. The molecule has 1 N–H and O–H groups in total. The lowest BCUT2D eigenvalue weighted by Crippen LogP contribution is -2.26. The zero-order chi connectivity index (χ0) is 23.2. The molecule has 0 unspecified atom stereocenters. The highest BCUT2D eigenvalue weighted by Crippen LogP contribution is 2.20. The lowest BCUT2D eigenvalue weighted by molar-refractivity contribution is 0.0775. The van der Waals surface area contributed by atoms with Gasteiger partial charge in [-0.15, -0.1) is 10.2 Å². The average molecular weight is 463 g/mol.